The Morgan fingerprint density at radius 1 is 1.32 bits per heavy atom. The van der Waals surface area contributed by atoms with E-state index in [1.54, 1.807) is 10.9 Å². The minimum atomic E-state index is -0.0636. The molecular weight excluding hydrogens is 338 g/mol. The van der Waals surface area contributed by atoms with Gasteiger partial charge in [0.05, 0.1) is 12.6 Å². The van der Waals surface area contributed by atoms with E-state index in [4.69, 9.17) is 0 Å². The molecule has 1 unspecified atom stereocenters. The van der Waals surface area contributed by atoms with Gasteiger partial charge in [-0.05, 0) is 49.4 Å². The van der Waals surface area contributed by atoms with Crippen molar-refractivity contribution in [2.24, 2.45) is 5.92 Å². The Kier molecular flexibility index (Phi) is 7.40. The quantitative estimate of drug-likeness (QED) is 0.792. The molecule has 0 radical (unpaired) electrons. The van der Waals surface area contributed by atoms with Gasteiger partial charge in [0.2, 0.25) is 5.91 Å². The van der Waals surface area contributed by atoms with Gasteiger partial charge in [0.1, 0.15) is 0 Å². The average molecular weight is 364 g/mol. The molecule has 7 heteroatoms. The van der Waals surface area contributed by atoms with Crippen LogP contribution in [0, 0.1) is 5.92 Å². The standard InChI is InChI=1S/C18H25N5O.ClH/c1-2-9-23-13-17(21-22-23)20-18(24)11-15-5-3-14(4-6-15)10-16-7-8-19-12-16;/h3-6,13,16,19H,2,7-12H2,1H3,(H,20,24);1H. The minimum absolute atomic E-state index is 0. The Bertz CT molecular complexity index is 664. The molecule has 25 heavy (non-hydrogen) atoms. The predicted molar refractivity (Wildman–Crippen MR) is 101 cm³/mol. The van der Waals surface area contributed by atoms with E-state index < -0.39 is 0 Å². The predicted octanol–water partition coefficient (Wildman–Crippen LogP) is 2.44. The second-order valence-electron chi connectivity index (χ2n) is 6.47. The fourth-order valence-corrected chi connectivity index (χ4v) is 3.08. The molecule has 1 atom stereocenters. The van der Waals surface area contributed by atoms with Crippen molar-refractivity contribution >= 4 is 24.1 Å². The summed E-state index contributed by atoms with van der Waals surface area (Å²) in [5.41, 5.74) is 2.36. The molecule has 1 saturated heterocycles. The van der Waals surface area contributed by atoms with Gasteiger partial charge in [0, 0.05) is 6.54 Å². The van der Waals surface area contributed by atoms with Gasteiger partial charge < -0.3 is 10.6 Å². The molecule has 0 saturated carbocycles. The highest BCUT2D eigenvalue weighted by Gasteiger charge is 2.14. The molecule has 2 N–H and O–H groups in total. The highest BCUT2D eigenvalue weighted by atomic mass is 35.5. The molecule has 1 aliphatic heterocycles. The summed E-state index contributed by atoms with van der Waals surface area (Å²) in [4.78, 5) is 12.1. The summed E-state index contributed by atoms with van der Waals surface area (Å²) >= 11 is 0. The lowest BCUT2D eigenvalue weighted by molar-refractivity contribution is -0.115. The van der Waals surface area contributed by atoms with Gasteiger partial charge in [0.15, 0.2) is 5.82 Å². The normalized spacial score (nSPS) is 16.4. The monoisotopic (exact) mass is 363 g/mol. The van der Waals surface area contributed by atoms with Gasteiger partial charge >= 0.3 is 0 Å². The van der Waals surface area contributed by atoms with E-state index in [0.29, 0.717) is 12.2 Å². The van der Waals surface area contributed by atoms with Crippen LogP contribution in [0.4, 0.5) is 5.82 Å². The Labute approximate surface area is 154 Å². The lowest BCUT2D eigenvalue weighted by Gasteiger charge is -2.09. The molecule has 0 spiro atoms. The van der Waals surface area contributed by atoms with E-state index in [1.807, 2.05) is 12.1 Å². The number of carbonyl (C=O) groups is 1. The van der Waals surface area contributed by atoms with Gasteiger partial charge in [-0.3, -0.25) is 9.48 Å². The lowest BCUT2D eigenvalue weighted by atomic mass is 9.97. The highest BCUT2D eigenvalue weighted by molar-refractivity contribution is 5.91. The van der Waals surface area contributed by atoms with E-state index in [-0.39, 0.29) is 18.3 Å². The van der Waals surface area contributed by atoms with Gasteiger partial charge in [-0.25, -0.2) is 0 Å². The SMILES string of the molecule is CCCn1cc(NC(=O)Cc2ccc(CC3CCNC3)cc2)nn1.Cl. The lowest BCUT2D eigenvalue weighted by Crippen LogP contribution is -2.14. The summed E-state index contributed by atoms with van der Waals surface area (Å²) in [5.74, 6) is 1.19. The van der Waals surface area contributed by atoms with Crippen molar-refractivity contribution in [1.82, 2.24) is 20.3 Å². The number of halogens is 1. The maximum absolute atomic E-state index is 12.1. The van der Waals surface area contributed by atoms with Crippen LogP contribution in [0.2, 0.25) is 0 Å². The van der Waals surface area contributed by atoms with E-state index in [1.165, 1.54) is 12.0 Å². The summed E-state index contributed by atoms with van der Waals surface area (Å²) in [5, 5.41) is 14.1. The molecule has 1 aliphatic rings. The minimum Gasteiger partial charge on any atom is -0.316 e. The second-order valence-corrected chi connectivity index (χ2v) is 6.47. The number of nitrogens with one attached hydrogen (secondary N) is 2. The van der Waals surface area contributed by atoms with Crippen LogP contribution in [0.1, 0.15) is 30.9 Å². The van der Waals surface area contributed by atoms with Crippen molar-refractivity contribution in [3.8, 4) is 0 Å². The average Bonchev–Trinajstić information content (AvgIpc) is 3.22. The van der Waals surface area contributed by atoms with Crippen molar-refractivity contribution in [3.05, 3.63) is 41.6 Å². The van der Waals surface area contributed by atoms with Crippen LogP contribution in [0.3, 0.4) is 0 Å². The third-order valence-corrected chi connectivity index (χ3v) is 4.33. The van der Waals surface area contributed by atoms with Crippen molar-refractivity contribution in [2.75, 3.05) is 18.4 Å². The number of carbonyl (C=O) groups excluding carboxylic acids is 1. The molecule has 1 aromatic heterocycles. The maximum atomic E-state index is 12.1. The second kappa shape index (κ2) is 9.53. The van der Waals surface area contributed by atoms with Gasteiger partial charge in [-0.1, -0.05) is 36.4 Å². The van der Waals surface area contributed by atoms with Crippen LogP contribution in [-0.2, 0) is 24.2 Å². The fourth-order valence-electron chi connectivity index (χ4n) is 3.08. The zero-order chi connectivity index (χ0) is 16.8. The van der Waals surface area contributed by atoms with Gasteiger partial charge in [-0.2, -0.15) is 0 Å². The van der Waals surface area contributed by atoms with E-state index in [2.05, 4.69) is 40.0 Å². The summed E-state index contributed by atoms with van der Waals surface area (Å²) in [6, 6.07) is 8.37. The molecule has 1 fully saturated rings. The van der Waals surface area contributed by atoms with Crippen LogP contribution in [-0.4, -0.2) is 34.0 Å². The number of nitrogens with zero attached hydrogens (tertiary/aromatic N) is 3. The van der Waals surface area contributed by atoms with Crippen LogP contribution in [0.5, 0.6) is 0 Å². The maximum Gasteiger partial charge on any atom is 0.230 e. The molecule has 136 valence electrons. The summed E-state index contributed by atoms with van der Waals surface area (Å²) < 4.78 is 1.74. The van der Waals surface area contributed by atoms with Gasteiger partial charge in [-0.15, -0.1) is 17.5 Å². The first kappa shape index (κ1) is 19.4. The zero-order valence-corrected chi connectivity index (χ0v) is 15.4. The van der Waals surface area contributed by atoms with Crippen molar-refractivity contribution in [3.63, 3.8) is 0 Å². The summed E-state index contributed by atoms with van der Waals surface area (Å²) in [6.45, 7) is 5.13. The number of rotatable bonds is 7. The van der Waals surface area contributed by atoms with Crippen molar-refractivity contribution < 1.29 is 4.79 Å². The molecule has 3 rings (SSSR count). The molecule has 0 bridgehead atoms. The van der Waals surface area contributed by atoms with E-state index >= 15 is 0 Å². The summed E-state index contributed by atoms with van der Waals surface area (Å²) in [7, 11) is 0. The topological polar surface area (TPSA) is 71.8 Å². The third kappa shape index (κ3) is 5.83. The number of aryl methyl sites for hydroxylation is 1. The van der Waals surface area contributed by atoms with Crippen molar-refractivity contribution in [2.45, 2.75) is 39.2 Å². The Morgan fingerprint density at radius 2 is 2.08 bits per heavy atom. The van der Waals surface area contributed by atoms with Crippen LogP contribution in [0.25, 0.3) is 0 Å². The number of aromatic nitrogens is 3. The van der Waals surface area contributed by atoms with E-state index in [0.717, 1.165) is 44.0 Å². The van der Waals surface area contributed by atoms with Crippen LogP contribution in [0.15, 0.2) is 30.5 Å². The van der Waals surface area contributed by atoms with Crippen LogP contribution < -0.4 is 10.6 Å². The first-order valence-electron chi connectivity index (χ1n) is 8.71. The molecule has 1 amide bonds. The molecular formula is C18H26ClN5O. The number of amides is 1. The fraction of sp³-hybridized carbons (Fsp3) is 0.500. The molecule has 1 aromatic carbocycles. The number of benzene rings is 1. The molecule has 6 nitrogen and oxygen atoms in total. The first-order chi connectivity index (χ1) is 11.7. The Morgan fingerprint density at radius 3 is 2.76 bits per heavy atom. The Hall–Kier alpha value is -1.92. The van der Waals surface area contributed by atoms with Crippen LogP contribution >= 0.6 is 12.4 Å². The highest BCUT2D eigenvalue weighted by Crippen LogP contribution is 2.16. The van der Waals surface area contributed by atoms with E-state index in [9.17, 15) is 4.79 Å². The number of anilines is 1. The first-order valence-corrected chi connectivity index (χ1v) is 8.71. The van der Waals surface area contributed by atoms with Crippen molar-refractivity contribution in [1.29, 1.82) is 0 Å². The molecule has 0 aliphatic carbocycles. The van der Waals surface area contributed by atoms with Gasteiger partial charge in [0.25, 0.3) is 0 Å². The number of hydrogen-bond donors (Lipinski definition) is 2. The zero-order valence-electron chi connectivity index (χ0n) is 14.6. The number of hydrogen-bond acceptors (Lipinski definition) is 4. The molecule has 2 aromatic rings. The third-order valence-electron chi connectivity index (χ3n) is 4.33. The summed E-state index contributed by atoms with van der Waals surface area (Å²) in [6.07, 6.45) is 5.47. The Balaban J connectivity index is 0.00000225. The molecule has 2 heterocycles. The largest absolute Gasteiger partial charge is 0.316 e. The smallest absolute Gasteiger partial charge is 0.230 e.